The van der Waals surface area contributed by atoms with Gasteiger partial charge in [0.1, 0.15) is 11.2 Å². The van der Waals surface area contributed by atoms with E-state index in [-0.39, 0.29) is 17.8 Å². The van der Waals surface area contributed by atoms with Crippen molar-refractivity contribution in [3.63, 3.8) is 0 Å². The van der Waals surface area contributed by atoms with Gasteiger partial charge < -0.3 is 18.9 Å². The van der Waals surface area contributed by atoms with Crippen molar-refractivity contribution in [1.29, 1.82) is 0 Å². The largest absolute Gasteiger partial charge is 0.493 e. The number of ether oxygens (including phenoxy) is 4. The van der Waals surface area contributed by atoms with Gasteiger partial charge in [-0.25, -0.2) is 9.78 Å². The summed E-state index contributed by atoms with van der Waals surface area (Å²) < 4.78 is 23.1. The van der Waals surface area contributed by atoms with Crippen LogP contribution in [0.5, 0.6) is 17.2 Å². The fourth-order valence-corrected chi connectivity index (χ4v) is 4.28. The summed E-state index contributed by atoms with van der Waals surface area (Å²) in [6.07, 6.45) is 1.66. The Morgan fingerprint density at radius 1 is 0.917 bits per heavy atom. The maximum atomic E-state index is 13.7. The molecule has 0 saturated heterocycles. The highest BCUT2D eigenvalue weighted by atomic mass is 16.5. The zero-order chi connectivity index (χ0) is 26.0. The summed E-state index contributed by atoms with van der Waals surface area (Å²) in [7, 11) is 5.82. The van der Waals surface area contributed by atoms with E-state index in [2.05, 4.69) is 9.97 Å². The van der Waals surface area contributed by atoms with Gasteiger partial charge >= 0.3 is 5.97 Å². The highest BCUT2D eigenvalue weighted by molar-refractivity contribution is 6.06. The molecule has 0 spiro atoms. The fraction of sp³-hybridized carbons (Fsp3) is 0.259. The van der Waals surface area contributed by atoms with Crippen LogP contribution in [0.4, 0.5) is 0 Å². The monoisotopic (exact) mass is 489 g/mol. The van der Waals surface area contributed by atoms with E-state index in [1.807, 2.05) is 19.9 Å². The van der Waals surface area contributed by atoms with Crippen molar-refractivity contribution >= 4 is 16.9 Å². The summed E-state index contributed by atoms with van der Waals surface area (Å²) in [5.74, 6) is 0.545. The van der Waals surface area contributed by atoms with Crippen molar-refractivity contribution in [2.24, 2.45) is 0 Å². The predicted molar refractivity (Wildman–Crippen MR) is 135 cm³/mol. The standard InChI is InChI=1S/C27H27N3O6/c1-15-7-8-19-22(18-12-20(33-3)25(35-5)21(13-18)34-4)24(27(32)36-6)30(26(31)23(19)29-15)14-17-9-10-28-16(2)11-17/h7-13H,14H2,1-6H3. The van der Waals surface area contributed by atoms with Gasteiger partial charge in [0.15, 0.2) is 11.5 Å². The molecule has 9 nitrogen and oxygen atoms in total. The maximum absolute atomic E-state index is 13.7. The SMILES string of the molecule is COC(=O)c1c(-c2cc(OC)c(OC)c(OC)c2)c2ccc(C)nc2c(=O)n1Cc1ccnc(C)c1. The quantitative estimate of drug-likeness (QED) is 0.360. The van der Waals surface area contributed by atoms with E-state index in [1.165, 1.54) is 33.0 Å². The van der Waals surface area contributed by atoms with Gasteiger partial charge in [0, 0.05) is 28.5 Å². The second kappa shape index (κ2) is 10.1. The predicted octanol–water partition coefficient (Wildman–Crippen LogP) is 3.94. The smallest absolute Gasteiger partial charge is 0.355 e. The molecule has 0 unspecified atom stereocenters. The van der Waals surface area contributed by atoms with Gasteiger partial charge in [0.25, 0.3) is 5.56 Å². The number of aromatic nitrogens is 3. The van der Waals surface area contributed by atoms with Gasteiger partial charge in [0.05, 0.1) is 35.0 Å². The molecule has 0 fully saturated rings. The number of pyridine rings is 3. The third kappa shape index (κ3) is 4.35. The molecule has 0 atom stereocenters. The average molecular weight is 490 g/mol. The lowest BCUT2D eigenvalue weighted by Gasteiger charge is -2.20. The Labute approximate surface area is 208 Å². The van der Waals surface area contributed by atoms with Gasteiger partial charge in [-0.05, 0) is 55.3 Å². The van der Waals surface area contributed by atoms with Crippen molar-refractivity contribution in [3.05, 3.63) is 75.6 Å². The van der Waals surface area contributed by atoms with Crippen LogP contribution in [0.15, 0.2) is 47.4 Å². The van der Waals surface area contributed by atoms with Gasteiger partial charge in [-0.2, -0.15) is 0 Å². The maximum Gasteiger partial charge on any atom is 0.355 e. The molecule has 0 bridgehead atoms. The topological polar surface area (TPSA) is 102 Å². The molecule has 0 aliphatic carbocycles. The number of aryl methyl sites for hydroxylation is 2. The van der Waals surface area contributed by atoms with Crippen molar-refractivity contribution in [2.45, 2.75) is 20.4 Å². The second-order valence-electron chi connectivity index (χ2n) is 8.17. The van der Waals surface area contributed by atoms with E-state index in [0.29, 0.717) is 39.5 Å². The molecule has 1 aromatic carbocycles. The molecule has 186 valence electrons. The van der Waals surface area contributed by atoms with Gasteiger partial charge in [-0.3, -0.25) is 14.3 Å². The van der Waals surface area contributed by atoms with Crippen LogP contribution in [0.1, 0.15) is 27.4 Å². The van der Waals surface area contributed by atoms with Crippen LogP contribution in [-0.4, -0.2) is 48.9 Å². The van der Waals surface area contributed by atoms with Crippen LogP contribution in [-0.2, 0) is 11.3 Å². The number of hydrogen-bond acceptors (Lipinski definition) is 8. The lowest BCUT2D eigenvalue weighted by molar-refractivity contribution is 0.0588. The minimum absolute atomic E-state index is 0.0874. The van der Waals surface area contributed by atoms with Crippen molar-refractivity contribution in [1.82, 2.24) is 14.5 Å². The van der Waals surface area contributed by atoms with E-state index >= 15 is 0 Å². The molecule has 36 heavy (non-hydrogen) atoms. The van der Waals surface area contributed by atoms with E-state index in [4.69, 9.17) is 18.9 Å². The van der Waals surface area contributed by atoms with Crippen LogP contribution in [0.2, 0.25) is 0 Å². The third-order valence-electron chi connectivity index (χ3n) is 5.89. The van der Waals surface area contributed by atoms with Gasteiger partial charge in [-0.1, -0.05) is 6.07 Å². The fourth-order valence-electron chi connectivity index (χ4n) is 4.28. The second-order valence-corrected chi connectivity index (χ2v) is 8.17. The number of benzene rings is 1. The number of fused-ring (bicyclic) bond motifs is 1. The molecule has 0 aliphatic rings. The summed E-state index contributed by atoms with van der Waals surface area (Å²) in [5, 5.41) is 0.502. The van der Waals surface area contributed by atoms with E-state index in [9.17, 15) is 9.59 Å². The molecule has 0 saturated carbocycles. The van der Waals surface area contributed by atoms with Crippen LogP contribution in [0.3, 0.4) is 0 Å². The van der Waals surface area contributed by atoms with Gasteiger partial charge in [0.2, 0.25) is 5.75 Å². The molecule has 0 N–H and O–H groups in total. The van der Waals surface area contributed by atoms with Gasteiger partial charge in [-0.15, -0.1) is 0 Å². The molecule has 9 heteroatoms. The Morgan fingerprint density at radius 3 is 2.19 bits per heavy atom. The molecule has 0 amide bonds. The molecule has 4 rings (SSSR count). The molecular weight excluding hydrogens is 462 g/mol. The van der Waals surface area contributed by atoms with Crippen molar-refractivity contribution in [2.75, 3.05) is 28.4 Å². The molecule has 3 heterocycles. The van der Waals surface area contributed by atoms with E-state index in [0.717, 1.165) is 11.3 Å². The zero-order valence-corrected chi connectivity index (χ0v) is 21.0. The molecule has 0 radical (unpaired) electrons. The summed E-state index contributed by atoms with van der Waals surface area (Å²) in [4.78, 5) is 35.8. The number of methoxy groups -OCH3 is 4. The first-order valence-electron chi connectivity index (χ1n) is 11.2. The average Bonchev–Trinajstić information content (AvgIpc) is 2.88. The lowest BCUT2D eigenvalue weighted by Crippen LogP contribution is -2.29. The zero-order valence-electron chi connectivity index (χ0n) is 21.0. The number of hydrogen-bond donors (Lipinski definition) is 0. The highest BCUT2D eigenvalue weighted by Gasteiger charge is 2.27. The molecule has 4 aromatic rings. The molecule has 3 aromatic heterocycles. The lowest BCUT2D eigenvalue weighted by atomic mass is 9.97. The van der Waals surface area contributed by atoms with E-state index in [1.54, 1.807) is 36.5 Å². The summed E-state index contributed by atoms with van der Waals surface area (Å²) in [6.45, 7) is 3.79. The van der Waals surface area contributed by atoms with Crippen molar-refractivity contribution < 1.29 is 23.7 Å². The Balaban J connectivity index is 2.16. The minimum atomic E-state index is -0.663. The summed E-state index contributed by atoms with van der Waals surface area (Å²) in [5.41, 5.74) is 3.22. The Kier molecular flexibility index (Phi) is 6.91. The van der Waals surface area contributed by atoms with Crippen molar-refractivity contribution in [3.8, 4) is 28.4 Å². The van der Waals surface area contributed by atoms with Crippen LogP contribution in [0.25, 0.3) is 22.0 Å². The van der Waals surface area contributed by atoms with Crippen LogP contribution >= 0.6 is 0 Å². The number of nitrogens with zero attached hydrogens (tertiary/aromatic N) is 3. The number of esters is 1. The Bertz CT molecular complexity index is 1500. The Morgan fingerprint density at radius 2 is 1.61 bits per heavy atom. The van der Waals surface area contributed by atoms with E-state index < -0.39 is 11.5 Å². The number of carbonyl (C=O) groups excluding carboxylic acids is 1. The number of rotatable bonds is 7. The molecular formula is C27H27N3O6. The first kappa shape index (κ1) is 24.7. The normalized spacial score (nSPS) is 10.8. The summed E-state index contributed by atoms with van der Waals surface area (Å²) in [6, 6.07) is 10.7. The molecule has 0 aliphatic heterocycles. The first-order valence-corrected chi connectivity index (χ1v) is 11.2. The first-order chi connectivity index (χ1) is 17.3. The Hall–Kier alpha value is -4.40. The summed E-state index contributed by atoms with van der Waals surface area (Å²) >= 11 is 0. The van der Waals surface area contributed by atoms with Crippen LogP contribution in [0, 0.1) is 13.8 Å². The minimum Gasteiger partial charge on any atom is -0.493 e. The third-order valence-corrected chi connectivity index (χ3v) is 5.89. The highest BCUT2D eigenvalue weighted by Crippen LogP contribution is 2.43. The number of carbonyl (C=O) groups is 1. The van der Waals surface area contributed by atoms with Crippen LogP contribution < -0.4 is 19.8 Å².